The maximum atomic E-state index is 13.1. The summed E-state index contributed by atoms with van der Waals surface area (Å²) in [7, 11) is -1.89. The van der Waals surface area contributed by atoms with E-state index in [9.17, 15) is 8.42 Å². The molecule has 1 saturated heterocycles. The van der Waals surface area contributed by atoms with Crippen molar-refractivity contribution < 1.29 is 8.42 Å². The average molecular weight is 331 g/mol. The minimum absolute atomic E-state index is 0.186. The van der Waals surface area contributed by atoms with Gasteiger partial charge < -0.3 is 4.57 Å². The number of aromatic nitrogens is 3. The lowest BCUT2D eigenvalue weighted by atomic mass is 10.2. The maximum absolute atomic E-state index is 13.1. The van der Waals surface area contributed by atoms with E-state index in [0.717, 1.165) is 6.42 Å². The van der Waals surface area contributed by atoms with E-state index >= 15 is 0 Å². The van der Waals surface area contributed by atoms with E-state index in [-0.39, 0.29) is 10.9 Å². The molecule has 1 aromatic heterocycles. The number of sulfonamides is 1. The summed E-state index contributed by atoms with van der Waals surface area (Å²) >= 11 is 0. The van der Waals surface area contributed by atoms with Crippen LogP contribution in [0.2, 0.25) is 0 Å². The van der Waals surface area contributed by atoms with Crippen LogP contribution < -0.4 is 0 Å². The summed E-state index contributed by atoms with van der Waals surface area (Å²) in [5.41, 5.74) is 0.969. The third-order valence-corrected chi connectivity index (χ3v) is 6.20. The second kappa shape index (κ2) is 5.76. The molecule has 0 bridgehead atoms. The number of nitrogens with zero attached hydrogens (tertiary/aromatic N) is 5. The highest BCUT2D eigenvalue weighted by Crippen LogP contribution is 2.36. The molecule has 1 aliphatic heterocycles. The van der Waals surface area contributed by atoms with Gasteiger partial charge in [0.25, 0.3) is 0 Å². The van der Waals surface area contributed by atoms with Crippen LogP contribution in [-0.4, -0.2) is 34.0 Å². The predicted molar refractivity (Wildman–Crippen MR) is 82.8 cm³/mol. The summed E-state index contributed by atoms with van der Waals surface area (Å²) in [6, 6.07) is 6.40. The number of benzene rings is 1. The third-order valence-electron chi connectivity index (χ3n) is 4.15. The Balaban J connectivity index is 2.06. The molecule has 0 unspecified atom stereocenters. The van der Waals surface area contributed by atoms with Crippen molar-refractivity contribution in [2.45, 2.75) is 30.7 Å². The van der Waals surface area contributed by atoms with Crippen LogP contribution in [0.25, 0.3) is 0 Å². The van der Waals surface area contributed by atoms with Crippen LogP contribution in [0, 0.1) is 18.3 Å². The molecule has 3 rings (SSSR count). The molecule has 1 aromatic carbocycles. The lowest BCUT2D eigenvalue weighted by Crippen LogP contribution is -2.32. The van der Waals surface area contributed by atoms with Crippen molar-refractivity contribution in [1.29, 1.82) is 5.26 Å². The van der Waals surface area contributed by atoms with Crippen molar-refractivity contribution in [3.8, 4) is 6.07 Å². The third kappa shape index (κ3) is 2.62. The number of rotatable bonds is 3. The van der Waals surface area contributed by atoms with Crippen LogP contribution in [-0.2, 0) is 17.1 Å². The molecule has 0 radical (unpaired) electrons. The fraction of sp³-hybridized carbons (Fsp3) is 0.400. The fourth-order valence-corrected chi connectivity index (χ4v) is 4.86. The molecule has 2 heterocycles. The van der Waals surface area contributed by atoms with E-state index < -0.39 is 10.0 Å². The van der Waals surface area contributed by atoms with Crippen molar-refractivity contribution in [2.24, 2.45) is 7.05 Å². The van der Waals surface area contributed by atoms with Crippen molar-refractivity contribution >= 4 is 10.0 Å². The van der Waals surface area contributed by atoms with Crippen molar-refractivity contribution in [2.75, 3.05) is 6.54 Å². The summed E-state index contributed by atoms with van der Waals surface area (Å²) in [6.45, 7) is 2.18. The van der Waals surface area contributed by atoms with Crippen LogP contribution in [0.4, 0.5) is 0 Å². The first kappa shape index (κ1) is 15.6. The maximum Gasteiger partial charge on any atom is 0.244 e. The van der Waals surface area contributed by atoms with Crippen molar-refractivity contribution in [3.63, 3.8) is 0 Å². The van der Waals surface area contributed by atoms with Gasteiger partial charge in [0, 0.05) is 13.6 Å². The molecule has 1 fully saturated rings. The Morgan fingerprint density at radius 1 is 1.39 bits per heavy atom. The first-order chi connectivity index (χ1) is 10.9. The van der Waals surface area contributed by atoms with Gasteiger partial charge in [0.15, 0.2) is 5.82 Å². The van der Waals surface area contributed by atoms with Crippen LogP contribution >= 0.6 is 0 Å². The molecule has 7 nitrogen and oxygen atoms in total. The van der Waals surface area contributed by atoms with Gasteiger partial charge >= 0.3 is 0 Å². The van der Waals surface area contributed by atoms with Gasteiger partial charge in [-0.1, -0.05) is 6.07 Å². The Kier molecular flexibility index (Phi) is 3.92. The largest absolute Gasteiger partial charge is 0.319 e. The zero-order chi connectivity index (χ0) is 16.6. The summed E-state index contributed by atoms with van der Waals surface area (Å²) in [6.07, 6.45) is 3.05. The van der Waals surface area contributed by atoms with E-state index in [1.54, 1.807) is 37.0 Å². The lowest BCUT2D eigenvalue weighted by molar-refractivity contribution is 0.376. The molecule has 2 aromatic rings. The van der Waals surface area contributed by atoms with Gasteiger partial charge in [-0.3, -0.25) is 0 Å². The monoisotopic (exact) mass is 331 g/mol. The van der Waals surface area contributed by atoms with Gasteiger partial charge in [0.2, 0.25) is 10.0 Å². The number of hydrogen-bond donors (Lipinski definition) is 0. The van der Waals surface area contributed by atoms with Crippen LogP contribution in [0.15, 0.2) is 29.4 Å². The average Bonchev–Trinajstić information content (AvgIpc) is 3.16. The molecule has 23 heavy (non-hydrogen) atoms. The van der Waals surface area contributed by atoms with Gasteiger partial charge in [0.1, 0.15) is 6.33 Å². The highest BCUT2D eigenvalue weighted by Gasteiger charge is 2.39. The second-order valence-corrected chi connectivity index (χ2v) is 7.52. The smallest absolute Gasteiger partial charge is 0.244 e. The fourth-order valence-electron chi connectivity index (χ4n) is 2.95. The summed E-state index contributed by atoms with van der Waals surface area (Å²) < 4.78 is 29.4. The van der Waals surface area contributed by atoms with Gasteiger partial charge in [-0.2, -0.15) is 9.57 Å². The Morgan fingerprint density at radius 3 is 2.83 bits per heavy atom. The molecule has 1 aliphatic rings. The van der Waals surface area contributed by atoms with Gasteiger partial charge in [-0.05, 0) is 37.5 Å². The van der Waals surface area contributed by atoms with E-state index in [2.05, 4.69) is 10.2 Å². The molecule has 120 valence electrons. The van der Waals surface area contributed by atoms with Crippen LogP contribution in [0.1, 0.15) is 35.8 Å². The van der Waals surface area contributed by atoms with Crippen molar-refractivity contribution in [3.05, 3.63) is 41.5 Å². The zero-order valence-electron chi connectivity index (χ0n) is 13.0. The van der Waals surface area contributed by atoms with E-state index in [0.29, 0.717) is 29.9 Å². The zero-order valence-corrected chi connectivity index (χ0v) is 13.8. The van der Waals surface area contributed by atoms with E-state index in [1.165, 1.54) is 10.4 Å². The number of hydrogen-bond acceptors (Lipinski definition) is 5. The van der Waals surface area contributed by atoms with Gasteiger partial charge in [0.05, 0.1) is 22.6 Å². The summed E-state index contributed by atoms with van der Waals surface area (Å²) in [5.74, 6) is 0.639. The molecule has 1 atom stereocenters. The van der Waals surface area contributed by atoms with E-state index in [1.807, 2.05) is 6.07 Å². The molecule has 0 aliphatic carbocycles. The van der Waals surface area contributed by atoms with Crippen LogP contribution in [0.5, 0.6) is 0 Å². The number of nitriles is 1. The highest BCUT2D eigenvalue weighted by atomic mass is 32.2. The minimum atomic E-state index is -3.69. The molecular formula is C15H17N5O2S. The first-order valence-corrected chi connectivity index (χ1v) is 8.75. The molecule has 0 saturated carbocycles. The molecular weight excluding hydrogens is 314 g/mol. The Hall–Kier alpha value is -2.24. The summed E-state index contributed by atoms with van der Waals surface area (Å²) in [4.78, 5) is 0.186. The highest BCUT2D eigenvalue weighted by molar-refractivity contribution is 7.89. The van der Waals surface area contributed by atoms with Gasteiger partial charge in [-0.25, -0.2) is 8.42 Å². The standard InChI is InChI=1S/C15H17N5O2S/c1-11-5-6-12(9-16)8-14(11)23(21,22)20-7-3-4-13(20)15-18-17-10-19(15)2/h5-6,8,10,13H,3-4,7H2,1-2H3/t13-/m0/s1. The van der Waals surface area contributed by atoms with E-state index in [4.69, 9.17) is 5.26 Å². The molecule has 0 spiro atoms. The Labute approximate surface area is 135 Å². The SMILES string of the molecule is Cc1ccc(C#N)cc1S(=O)(=O)N1CCC[C@H]1c1nncn1C. The van der Waals surface area contributed by atoms with Crippen LogP contribution in [0.3, 0.4) is 0 Å². The molecule has 0 N–H and O–H groups in total. The normalized spacial score (nSPS) is 18.9. The minimum Gasteiger partial charge on any atom is -0.319 e. The second-order valence-electron chi connectivity index (χ2n) is 5.67. The first-order valence-electron chi connectivity index (χ1n) is 7.31. The Morgan fingerprint density at radius 2 is 2.17 bits per heavy atom. The van der Waals surface area contributed by atoms with Gasteiger partial charge in [-0.15, -0.1) is 10.2 Å². The molecule has 8 heteroatoms. The topological polar surface area (TPSA) is 91.9 Å². The molecule has 0 amide bonds. The van der Waals surface area contributed by atoms with Crippen molar-refractivity contribution in [1.82, 2.24) is 19.1 Å². The lowest BCUT2D eigenvalue weighted by Gasteiger charge is -2.24. The summed E-state index contributed by atoms with van der Waals surface area (Å²) in [5, 5.41) is 17.0. The number of aryl methyl sites for hydroxylation is 2. The Bertz CT molecular complexity index is 882. The quantitative estimate of drug-likeness (QED) is 0.850. The predicted octanol–water partition coefficient (Wildman–Crippen LogP) is 1.52.